The Balaban J connectivity index is 1.86. The molecule has 2 atom stereocenters. The molecule has 1 aliphatic heterocycles. The molecule has 0 aliphatic carbocycles. The monoisotopic (exact) mass is 458 g/mol. The molecule has 0 amide bonds. The number of benzene rings is 1. The minimum Gasteiger partial charge on any atom is -0.352 e. The number of thiocarbonyl (C=S) groups is 1. The van der Waals surface area contributed by atoms with Crippen LogP contribution in [0.2, 0.25) is 10.0 Å². The van der Waals surface area contributed by atoms with Gasteiger partial charge in [-0.05, 0) is 68.4 Å². The third-order valence-corrected chi connectivity index (χ3v) is 6.78. The smallest absolute Gasteiger partial charge is 0.170 e. The minimum atomic E-state index is -0.0194. The predicted molar refractivity (Wildman–Crippen MR) is 128 cm³/mol. The van der Waals surface area contributed by atoms with Gasteiger partial charge in [0.2, 0.25) is 0 Å². The summed E-state index contributed by atoms with van der Waals surface area (Å²) in [5.41, 5.74) is 5.29. The first-order chi connectivity index (χ1) is 14.4. The zero-order chi connectivity index (χ0) is 21.4. The van der Waals surface area contributed by atoms with Gasteiger partial charge in [-0.3, -0.25) is 4.98 Å². The molecule has 1 N–H and O–H groups in total. The molecule has 3 aromatic rings. The SMILES string of the molecule is CCCN1C(=S)N[C@@H](c2ccccn2)[C@@H]1c1cc(C)n(-c2cccc(Cl)c2Cl)c1C. The Morgan fingerprint density at radius 3 is 2.63 bits per heavy atom. The lowest BCUT2D eigenvalue weighted by atomic mass is 9.96. The van der Waals surface area contributed by atoms with Gasteiger partial charge in [-0.1, -0.05) is 42.3 Å². The summed E-state index contributed by atoms with van der Waals surface area (Å²) in [6.45, 7) is 7.26. The van der Waals surface area contributed by atoms with E-state index in [4.69, 9.17) is 35.4 Å². The molecule has 0 saturated carbocycles. The maximum absolute atomic E-state index is 6.56. The number of hydrogen-bond acceptors (Lipinski definition) is 2. The molecule has 0 spiro atoms. The fraction of sp³-hybridized carbons (Fsp3) is 0.304. The second kappa shape index (κ2) is 8.58. The van der Waals surface area contributed by atoms with Crippen LogP contribution < -0.4 is 5.32 Å². The maximum atomic E-state index is 6.56. The Labute approximate surface area is 192 Å². The summed E-state index contributed by atoms with van der Waals surface area (Å²) in [6, 6.07) is 14.0. The van der Waals surface area contributed by atoms with E-state index in [0.717, 1.165) is 40.8 Å². The Hall–Kier alpha value is -2.08. The quantitative estimate of drug-likeness (QED) is 0.462. The van der Waals surface area contributed by atoms with Crippen molar-refractivity contribution < 1.29 is 0 Å². The van der Waals surface area contributed by atoms with Crippen molar-refractivity contribution in [1.82, 2.24) is 19.8 Å². The minimum absolute atomic E-state index is 0.0194. The number of nitrogens with zero attached hydrogens (tertiary/aromatic N) is 3. The van der Waals surface area contributed by atoms with Crippen LogP contribution in [-0.2, 0) is 0 Å². The molecule has 7 heteroatoms. The fourth-order valence-electron chi connectivity index (χ4n) is 4.35. The molecule has 0 bridgehead atoms. The van der Waals surface area contributed by atoms with Crippen molar-refractivity contribution >= 4 is 40.5 Å². The highest BCUT2D eigenvalue weighted by Gasteiger charge is 2.41. The number of nitrogens with one attached hydrogen (secondary N) is 1. The highest BCUT2D eigenvalue weighted by molar-refractivity contribution is 7.80. The third-order valence-electron chi connectivity index (χ3n) is 5.62. The van der Waals surface area contributed by atoms with Gasteiger partial charge in [0.1, 0.15) is 0 Å². The molecule has 0 radical (unpaired) electrons. The molecular weight excluding hydrogens is 435 g/mol. The number of hydrogen-bond donors (Lipinski definition) is 1. The summed E-state index contributed by atoms with van der Waals surface area (Å²) in [5.74, 6) is 0. The molecule has 156 valence electrons. The molecule has 1 saturated heterocycles. The molecule has 1 aromatic carbocycles. The van der Waals surface area contributed by atoms with Gasteiger partial charge in [-0.15, -0.1) is 0 Å². The van der Waals surface area contributed by atoms with Crippen molar-refractivity contribution in [2.75, 3.05) is 6.54 Å². The normalized spacial score (nSPS) is 18.7. The van der Waals surface area contributed by atoms with Crippen molar-refractivity contribution in [2.24, 2.45) is 0 Å². The largest absolute Gasteiger partial charge is 0.352 e. The van der Waals surface area contributed by atoms with Crippen molar-refractivity contribution in [1.29, 1.82) is 0 Å². The topological polar surface area (TPSA) is 33.1 Å². The van der Waals surface area contributed by atoms with Crippen LogP contribution in [0.1, 0.15) is 48.1 Å². The Morgan fingerprint density at radius 2 is 1.93 bits per heavy atom. The Kier molecular flexibility index (Phi) is 6.05. The summed E-state index contributed by atoms with van der Waals surface area (Å²) in [7, 11) is 0. The lowest BCUT2D eigenvalue weighted by Gasteiger charge is -2.28. The van der Waals surface area contributed by atoms with E-state index in [1.54, 1.807) is 0 Å². The molecule has 3 heterocycles. The highest BCUT2D eigenvalue weighted by Crippen LogP contribution is 2.42. The molecule has 0 unspecified atom stereocenters. The fourth-order valence-corrected chi connectivity index (χ4v) is 5.06. The van der Waals surface area contributed by atoms with Gasteiger partial charge in [-0.25, -0.2) is 0 Å². The summed E-state index contributed by atoms with van der Waals surface area (Å²) < 4.78 is 2.17. The van der Waals surface area contributed by atoms with Crippen LogP contribution in [-0.4, -0.2) is 26.1 Å². The van der Waals surface area contributed by atoms with Gasteiger partial charge >= 0.3 is 0 Å². The van der Waals surface area contributed by atoms with E-state index >= 15 is 0 Å². The second-order valence-corrected chi connectivity index (χ2v) is 8.73. The van der Waals surface area contributed by atoms with Crippen LogP contribution in [0, 0.1) is 13.8 Å². The lowest BCUT2D eigenvalue weighted by molar-refractivity contribution is 0.316. The summed E-state index contributed by atoms with van der Waals surface area (Å²) in [5, 5.41) is 5.38. The number of rotatable bonds is 5. The second-order valence-electron chi connectivity index (χ2n) is 7.55. The third kappa shape index (κ3) is 3.59. The first-order valence-electron chi connectivity index (χ1n) is 10.0. The van der Waals surface area contributed by atoms with Crippen LogP contribution in [0.5, 0.6) is 0 Å². The van der Waals surface area contributed by atoms with Crippen molar-refractivity contribution in [3.8, 4) is 5.69 Å². The number of pyridine rings is 1. The van der Waals surface area contributed by atoms with Crippen LogP contribution >= 0.6 is 35.4 Å². The van der Waals surface area contributed by atoms with E-state index in [-0.39, 0.29) is 12.1 Å². The van der Waals surface area contributed by atoms with Crippen molar-refractivity contribution in [3.63, 3.8) is 0 Å². The number of aryl methyl sites for hydroxylation is 1. The van der Waals surface area contributed by atoms with E-state index in [2.05, 4.69) is 52.7 Å². The van der Waals surface area contributed by atoms with Crippen LogP contribution in [0.25, 0.3) is 5.69 Å². The summed E-state index contributed by atoms with van der Waals surface area (Å²) >= 11 is 18.6. The van der Waals surface area contributed by atoms with E-state index < -0.39 is 0 Å². The molecule has 1 fully saturated rings. The summed E-state index contributed by atoms with van der Waals surface area (Å²) in [6.07, 6.45) is 2.83. The summed E-state index contributed by atoms with van der Waals surface area (Å²) in [4.78, 5) is 6.89. The van der Waals surface area contributed by atoms with Gasteiger partial charge in [0.05, 0.1) is 33.5 Å². The van der Waals surface area contributed by atoms with Gasteiger partial charge < -0.3 is 14.8 Å². The van der Waals surface area contributed by atoms with Gasteiger partial charge in [0.15, 0.2) is 5.11 Å². The first-order valence-corrected chi connectivity index (χ1v) is 11.2. The molecule has 30 heavy (non-hydrogen) atoms. The van der Waals surface area contributed by atoms with E-state index in [9.17, 15) is 0 Å². The molecular formula is C23H24Cl2N4S. The first kappa shape index (κ1) is 21.2. The van der Waals surface area contributed by atoms with Crippen LogP contribution in [0.15, 0.2) is 48.7 Å². The van der Waals surface area contributed by atoms with Crippen LogP contribution in [0.4, 0.5) is 0 Å². The van der Waals surface area contributed by atoms with Crippen LogP contribution in [0.3, 0.4) is 0 Å². The molecule has 1 aliphatic rings. The maximum Gasteiger partial charge on any atom is 0.170 e. The van der Waals surface area contributed by atoms with E-state index in [1.807, 2.05) is 36.5 Å². The zero-order valence-corrected chi connectivity index (χ0v) is 19.5. The molecule has 4 rings (SSSR count). The highest BCUT2D eigenvalue weighted by atomic mass is 35.5. The molecule has 2 aromatic heterocycles. The average Bonchev–Trinajstić information content (AvgIpc) is 3.21. The standard InChI is InChI=1S/C23H24Cl2N4S/c1-4-12-28-22(21(27-23(28)30)18-9-5-6-11-26-18)16-13-14(2)29(15(16)3)19-10-7-8-17(24)20(19)25/h5-11,13,21-22H,4,12H2,1-3H3,(H,27,30)/t21-,22-/m0/s1. The lowest BCUT2D eigenvalue weighted by Crippen LogP contribution is -2.30. The molecule has 4 nitrogen and oxygen atoms in total. The zero-order valence-electron chi connectivity index (χ0n) is 17.2. The number of aromatic nitrogens is 2. The predicted octanol–water partition coefficient (Wildman–Crippen LogP) is 6.18. The van der Waals surface area contributed by atoms with Gasteiger partial charge in [0, 0.05) is 24.1 Å². The van der Waals surface area contributed by atoms with E-state index in [1.165, 1.54) is 5.56 Å². The van der Waals surface area contributed by atoms with Gasteiger partial charge in [0.25, 0.3) is 0 Å². The van der Waals surface area contributed by atoms with Crippen molar-refractivity contribution in [3.05, 3.63) is 81.4 Å². The number of halogens is 2. The van der Waals surface area contributed by atoms with Crippen molar-refractivity contribution in [2.45, 2.75) is 39.3 Å². The average molecular weight is 459 g/mol. The van der Waals surface area contributed by atoms with Gasteiger partial charge in [-0.2, -0.15) is 0 Å². The Bertz CT molecular complexity index is 1080. The van der Waals surface area contributed by atoms with E-state index in [0.29, 0.717) is 10.0 Å². The Morgan fingerprint density at radius 1 is 1.13 bits per heavy atom.